The molecule has 2 aliphatic rings. The summed E-state index contributed by atoms with van der Waals surface area (Å²) in [6, 6.07) is 0.391. The van der Waals surface area contributed by atoms with Crippen LogP contribution in [-0.4, -0.2) is 61.7 Å². The molecule has 0 aromatic heterocycles. The second-order valence-corrected chi connectivity index (χ2v) is 9.54. The van der Waals surface area contributed by atoms with Gasteiger partial charge < -0.3 is 15.0 Å². The van der Waals surface area contributed by atoms with Crippen molar-refractivity contribution < 1.29 is 17.9 Å². The van der Waals surface area contributed by atoms with Gasteiger partial charge in [-0.15, -0.1) is 0 Å². The van der Waals surface area contributed by atoms with E-state index in [2.05, 4.69) is 5.32 Å². The Morgan fingerprint density at radius 1 is 1.27 bits per heavy atom. The second-order valence-electron chi connectivity index (χ2n) is 7.31. The first-order chi connectivity index (χ1) is 10.2. The van der Waals surface area contributed by atoms with Gasteiger partial charge in [-0.1, -0.05) is 0 Å². The Hall–Kier alpha value is -0.820. The molecule has 6 nitrogen and oxygen atoms in total. The van der Waals surface area contributed by atoms with Crippen molar-refractivity contribution in [3.63, 3.8) is 0 Å². The number of amides is 1. The fourth-order valence-electron chi connectivity index (χ4n) is 2.64. The van der Waals surface area contributed by atoms with E-state index >= 15 is 0 Å². The smallest absolute Gasteiger partial charge is 0.410 e. The number of hydrogen-bond donors (Lipinski definition) is 1. The van der Waals surface area contributed by atoms with Crippen LogP contribution in [0.3, 0.4) is 0 Å². The van der Waals surface area contributed by atoms with Crippen LogP contribution in [0.2, 0.25) is 0 Å². The normalized spacial score (nSPS) is 24.2. The highest BCUT2D eigenvalue weighted by atomic mass is 32.2. The lowest BCUT2D eigenvalue weighted by Gasteiger charge is -2.27. The zero-order chi connectivity index (χ0) is 16.4. The topological polar surface area (TPSA) is 75.7 Å². The molecule has 1 saturated carbocycles. The van der Waals surface area contributed by atoms with E-state index in [1.54, 1.807) is 0 Å². The maximum atomic E-state index is 12.2. The molecule has 128 valence electrons. The van der Waals surface area contributed by atoms with Crippen molar-refractivity contribution in [3.8, 4) is 0 Å². The summed E-state index contributed by atoms with van der Waals surface area (Å²) >= 11 is 0. The molecule has 1 atom stereocenters. The molecule has 1 amide bonds. The van der Waals surface area contributed by atoms with E-state index in [1.165, 1.54) is 0 Å². The molecule has 22 heavy (non-hydrogen) atoms. The Balaban J connectivity index is 1.70. The molecule has 7 heteroatoms. The minimum Gasteiger partial charge on any atom is -0.444 e. The van der Waals surface area contributed by atoms with E-state index < -0.39 is 15.4 Å². The predicted molar refractivity (Wildman–Crippen MR) is 85.6 cm³/mol. The van der Waals surface area contributed by atoms with Gasteiger partial charge in [-0.25, -0.2) is 13.2 Å². The van der Waals surface area contributed by atoms with Crippen molar-refractivity contribution in [2.45, 2.75) is 64.1 Å². The van der Waals surface area contributed by atoms with Gasteiger partial charge in [0, 0.05) is 18.6 Å². The van der Waals surface area contributed by atoms with E-state index in [1.807, 2.05) is 25.7 Å². The molecule has 1 heterocycles. The van der Waals surface area contributed by atoms with Crippen molar-refractivity contribution in [2.75, 3.05) is 24.6 Å². The Morgan fingerprint density at radius 3 is 2.45 bits per heavy atom. The van der Waals surface area contributed by atoms with Crippen LogP contribution in [0.5, 0.6) is 0 Å². The van der Waals surface area contributed by atoms with E-state index in [4.69, 9.17) is 4.74 Å². The Morgan fingerprint density at radius 2 is 1.95 bits per heavy atom. The molecular weight excluding hydrogens is 304 g/mol. The molecular formula is C15H28N2O4S. The number of rotatable bonds is 6. The van der Waals surface area contributed by atoms with E-state index in [-0.39, 0.29) is 23.6 Å². The lowest BCUT2D eigenvalue weighted by molar-refractivity contribution is 0.0232. The summed E-state index contributed by atoms with van der Waals surface area (Å²) in [5.41, 5.74) is -0.472. The molecule has 0 aromatic carbocycles. The Bertz CT molecular complexity index is 494. The minimum atomic E-state index is -2.83. The maximum Gasteiger partial charge on any atom is 0.410 e. The Labute approximate surface area is 133 Å². The molecule has 2 fully saturated rings. The van der Waals surface area contributed by atoms with Gasteiger partial charge in [0.1, 0.15) is 5.60 Å². The van der Waals surface area contributed by atoms with Crippen LogP contribution >= 0.6 is 0 Å². The largest absolute Gasteiger partial charge is 0.444 e. The highest BCUT2D eigenvalue weighted by molar-refractivity contribution is 7.91. The standard InChI is InChI=1S/C15H28N2O4S/c1-15(2,3)21-14(18)17(13-5-6-13)9-4-8-16-12-7-10-22(19,20)11-12/h12-13,16H,4-11H2,1-3H3. The third-order valence-corrected chi connectivity index (χ3v) is 5.62. The third kappa shape index (κ3) is 5.76. The number of sulfone groups is 1. The van der Waals surface area contributed by atoms with Crippen molar-refractivity contribution in [2.24, 2.45) is 0 Å². The Kier molecular flexibility index (Phi) is 5.37. The molecule has 1 aliphatic carbocycles. The van der Waals surface area contributed by atoms with Gasteiger partial charge in [-0.3, -0.25) is 0 Å². The van der Waals surface area contributed by atoms with Crippen LogP contribution in [0.15, 0.2) is 0 Å². The van der Waals surface area contributed by atoms with Crippen LogP contribution in [0, 0.1) is 0 Å². The lowest BCUT2D eigenvalue weighted by Crippen LogP contribution is -2.40. The highest BCUT2D eigenvalue weighted by Gasteiger charge is 2.35. The zero-order valence-electron chi connectivity index (χ0n) is 13.8. The minimum absolute atomic E-state index is 0.0703. The van der Waals surface area contributed by atoms with Gasteiger partial charge in [-0.2, -0.15) is 0 Å². The third-order valence-electron chi connectivity index (χ3n) is 3.86. The van der Waals surface area contributed by atoms with Crippen molar-refractivity contribution in [1.29, 1.82) is 0 Å². The van der Waals surface area contributed by atoms with Gasteiger partial charge in [-0.05, 0) is 53.0 Å². The number of nitrogens with zero attached hydrogens (tertiary/aromatic N) is 1. The highest BCUT2D eigenvalue weighted by Crippen LogP contribution is 2.28. The maximum absolute atomic E-state index is 12.2. The molecule has 1 unspecified atom stereocenters. The molecule has 0 spiro atoms. The van der Waals surface area contributed by atoms with Gasteiger partial charge >= 0.3 is 6.09 Å². The average molecular weight is 332 g/mol. The molecule has 1 N–H and O–H groups in total. The van der Waals surface area contributed by atoms with Gasteiger partial charge in [0.05, 0.1) is 11.5 Å². The van der Waals surface area contributed by atoms with Crippen LogP contribution in [0.25, 0.3) is 0 Å². The van der Waals surface area contributed by atoms with E-state index in [0.29, 0.717) is 19.0 Å². The SMILES string of the molecule is CC(C)(C)OC(=O)N(CCCNC1CCS(=O)(=O)C1)C1CC1. The summed E-state index contributed by atoms with van der Waals surface area (Å²) in [4.78, 5) is 14.0. The van der Waals surface area contributed by atoms with Crippen LogP contribution < -0.4 is 5.32 Å². The first kappa shape index (κ1) is 17.5. The molecule has 1 saturated heterocycles. The summed E-state index contributed by atoms with van der Waals surface area (Å²) in [5.74, 6) is 0.530. The van der Waals surface area contributed by atoms with Gasteiger partial charge in [0.2, 0.25) is 0 Å². The fraction of sp³-hybridized carbons (Fsp3) is 0.933. The monoisotopic (exact) mass is 332 g/mol. The molecule has 0 radical (unpaired) electrons. The zero-order valence-corrected chi connectivity index (χ0v) is 14.6. The van der Waals surface area contributed by atoms with Crippen molar-refractivity contribution in [3.05, 3.63) is 0 Å². The number of carbonyl (C=O) groups is 1. The first-order valence-corrected chi connectivity index (χ1v) is 9.92. The number of carbonyl (C=O) groups excluding carboxylic acids is 1. The molecule has 1 aliphatic heterocycles. The summed E-state index contributed by atoms with van der Waals surface area (Å²) in [6.07, 6.45) is 3.37. The van der Waals surface area contributed by atoms with E-state index in [0.717, 1.165) is 25.8 Å². The number of hydrogen-bond acceptors (Lipinski definition) is 5. The molecule has 2 rings (SSSR count). The van der Waals surface area contributed by atoms with Gasteiger partial charge in [0.25, 0.3) is 0 Å². The molecule has 0 bridgehead atoms. The van der Waals surface area contributed by atoms with Crippen molar-refractivity contribution >= 4 is 15.9 Å². The predicted octanol–water partition coefficient (Wildman–Crippen LogP) is 1.55. The van der Waals surface area contributed by atoms with Crippen molar-refractivity contribution in [1.82, 2.24) is 10.2 Å². The van der Waals surface area contributed by atoms with Crippen LogP contribution in [-0.2, 0) is 14.6 Å². The summed E-state index contributed by atoms with van der Waals surface area (Å²) in [6.45, 7) is 7.01. The van der Waals surface area contributed by atoms with E-state index in [9.17, 15) is 13.2 Å². The number of nitrogens with one attached hydrogen (secondary N) is 1. The van der Waals surface area contributed by atoms with Crippen LogP contribution in [0.4, 0.5) is 4.79 Å². The first-order valence-electron chi connectivity index (χ1n) is 8.10. The lowest BCUT2D eigenvalue weighted by atomic mass is 10.2. The second kappa shape index (κ2) is 6.74. The van der Waals surface area contributed by atoms with Crippen LogP contribution in [0.1, 0.15) is 46.5 Å². The summed E-state index contributed by atoms with van der Waals surface area (Å²) in [5, 5.41) is 3.28. The molecule has 0 aromatic rings. The fourth-order valence-corrected chi connectivity index (χ4v) is 4.35. The summed E-state index contributed by atoms with van der Waals surface area (Å²) in [7, 11) is -2.83. The quantitative estimate of drug-likeness (QED) is 0.747. The average Bonchev–Trinajstić information content (AvgIpc) is 3.12. The summed E-state index contributed by atoms with van der Waals surface area (Å²) < 4.78 is 28.2. The van der Waals surface area contributed by atoms with Gasteiger partial charge in [0.15, 0.2) is 9.84 Å². The number of ether oxygens (including phenoxy) is 1.